The summed E-state index contributed by atoms with van der Waals surface area (Å²) in [6.45, 7) is 4.97. The number of hydrogen-bond donors (Lipinski definition) is 0. The second-order valence-corrected chi connectivity index (χ2v) is 6.62. The van der Waals surface area contributed by atoms with Gasteiger partial charge >= 0.3 is 0 Å². The third kappa shape index (κ3) is 2.92. The lowest BCUT2D eigenvalue weighted by Gasteiger charge is -2.18. The summed E-state index contributed by atoms with van der Waals surface area (Å²) < 4.78 is 1.89. The van der Waals surface area contributed by atoms with Crippen LogP contribution < -0.4 is 4.90 Å². The maximum atomic E-state index is 4.59. The molecular weight excluding hydrogens is 322 g/mol. The number of fused-ring (bicyclic) bond motifs is 1. The average Bonchev–Trinajstić information content (AvgIpc) is 3.06. The van der Waals surface area contributed by atoms with Crippen molar-refractivity contribution in [3.63, 3.8) is 0 Å². The van der Waals surface area contributed by atoms with E-state index in [9.17, 15) is 0 Å². The van der Waals surface area contributed by atoms with Crippen LogP contribution in [0.2, 0.25) is 0 Å². The maximum absolute atomic E-state index is 4.59. The van der Waals surface area contributed by atoms with E-state index in [4.69, 9.17) is 0 Å². The Morgan fingerprint density at radius 2 is 1.81 bits per heavy atom. The first-order chi connectivity index (χ1) is 12.6. The molecule has 2 heterocycles. The molecule has 0 aliphatic rings. The van der Waals surface area contributed by atoms with Crippen molar-refractivity contribution < 1.29 is 0 Å². The van der Waals surface area contributed by atoms with Crippen molar-refractivity contribution in [3.05, 3.63) is 77.7 Å². The van der Waals surface area contributed by atoms with Crippen LogP contribution in [0.15, 0.2) is 61.1 Å². The highest BCUT2D eigenvalue weighted by Crippen LogP contribution is 2.26. The molecule has 5 nitrogen and oxygen atoms in total. The molecule has 0 radical (unpaired) electrons. The number of benzene rings is 2. The molecule has 0 aliphatic carbocycles. The second-order valence-electron chi connectivity index (χ2n) is 6.62. The molecule has 0 saturated heterocycles. The average molecular weight is 343 g/mol. The number of hydrogen-bond acceptors (Lipinski definition) is 4. The lowest BCUT2D eigenvalue weighted by atomic mass is 10.1. The topological polar surface area (TPSA) is 46.8 Å². The molecule has 0 unspecified atom stereocenters. The zero-order chi connectivity index (χ0) is 18.1. The third-order valence-corrected chi connectivity index (χ3v) is 4.55. The zero-order valence-electron chi connectivity index (χ0n) is 15.2. The molecule has 0 spiro atoms. The number of anilines is 1. The third-order valence-electron chi connectivity index (χ3n) is 4.55. The Hall–Kier alpha value is -3.21. The molecule has 5 heteroatoms. The van der Waals surface area contributed by atoms with E-state index in [1.54, 1.807) is 6.33 Å². The Kier molecular flexibility index (Phi) is 4.13. The van der Waals surface area contributed by atoms with Gasteiger partial charge in [0.05, 0.1) is 17.3 Å². The Morgan fingerprint density at radius 3 is 2.58 bits per heavy atom. The van der Waals surface area contributed by atoms with Crippen LogP contribution in [0.4, 0.5) is 5.82 Å². The summed E-state index contributed by atoms with van der Waals surface area (Å²) in [7, 11) is 2.04. The molecule has 0 aliphatic heterocycles. The van der Waals surface area contributed by atoms with Gasteiger partial charge in [-0.3, -0.25) is 0 Å². The SMILES string of the molecule is Cc1ccc(-n2ncc3c(N(C)Cc4ccccc4)ncnc32)c(C)c1. The molecule has 0 atom stereocenters. The predicted octanol–water partition coefficient (Wildman–Crippen LogP) is 4.07. The lowest BCUT2D eigenvalue weighted by molar-refractivity contribution is 0.881. The molecule has 26 heavy (non-hydrogen) atoms. The van der Waals surface area contributed by atoms with Crippen molar-refractivity contribution in [1.29, 1.82) is 0 Å². The Bertz CT molecular complexity index is 1050. The zero-order valence-corrected chi connectivity index (χ0v) is 15.2. The quantitative estimate of drug-likeness (QED) is 0.560. The molecule has 0 bridgehead atoms. The van der Waals surface area contributed by atoms with E-state index in [0.29, 0.717) is 0 Å². The smallest absolute Gasteiger partial charge is 0.168 e. The van der Waals surface area contributed by atoms with Gasteiger partial charge in [0, 0.05) is 13.6 Å². The number of aryl methyl sites for hydroxylation is 2. The van der Waals surface area contributed by atoms with Crippen molar-refractivity contribution in [3.8, 4) is 5.69 Å². The minimum atomic E-state index is 0.779. The Labute approximate surface area is 152 Å². The first-order valence-corrected chi connectivity index (χ1v) is 8.65. The first kappa shape index (κ1) is 16.3. The first-order valence-electron chi connectivity index (χ1n) is 8.65. The molecule has 2 aromatic carbocycles. The van der Waals surface area contributed by atoms with E-state index in [1.807, 2.05) is 24.0 Å². The number of nitrogens with zero attached hydrogens (tertiary/aromatic N) is 5. The van der Waals surface area contributed by atoms with Crippen molar-refractivity contribution in [2.24, 2.45) is 0 Å². The van der Waals surface area contributed by atoms with Crippen LogP contribution in [0.3, 0.4) is 0 Å². The minimum Gasteiger partial charge on any atom is -0.355 e. The van der Waals surface area contributed by atoms with Gasteiger partial charge < -0.3 is 4.90 Å². The summed E-state index contributed by atoms with van der Waals surface area (Å²) in [6.07, 6.45) is 3.46. The Balaban J connectivity index is 1.75. The maximum Gasteiger partial charge on any atom is 0.168 e. The van der Waals surface area contributed by atoms with Gasteiger partial charge in [-0.2, -0.15) is 5.10 Å². The summed E-state index contributed by atoms with van der Waals surface area (Å²) in [5, 5.41) is 5.54. The standard InChI is InChI=1S/C21H21N5/c1-15-9-10-19(16(2)11-15)26-21-18(12-24-26)20(22-14-23-21)25(3)13-17-7-5-4-6-8-17/h4-12,14H,13H2,1-3H3. The van der Waals surface area contributed by atoms with Crippen molar-refractivity contribution in [2.45, 2.75) is 20.4 Å². The highest BCUT2D eigenvalue weighted by Gasteiger charge is 2.15. The van der Waals surface area contributed by atoms with E-state index in [-0.39, 0.29) is 0 Å². The van der Waals surface area contributed by atoms with E-state index >= 15 is 0 Å². The minimum absolute atomic E-state index is 0.779. The van der Waals surface area contributed by atoms with Gasteiger partial charge in [0.15, 0.2) is 5.65 Å². The second kappa shape index (κ2) is 6.59. The number of rotatable bonds is 4. The fraction of sp³-hybridized carbons (Fsp3) is 0.190. The van der Waals surface area contributed by atoms with Gasteiger partial charge in [-0.05, 0) is 31.0 Å². The summed E-state index contributed by atoms with van der Waals surface area (Å²) in [6, 6.07) is 16.7. The highest BCUT2D eigenvalue weighted by molar-refractivity contribution is 5.87. The summed E-state index contributed by atoms with van der Waals surface area (Å²) in [5.41, 5.74) is 5.51. The van der Waals surface area contributed by atoms with E-state index in [1.165, 1.54) is 16.7 Å². The van der Waals surface area contributed by atoms with Gasteiger partial charge in [0.2, 0.25) is 0 Å². The van der Waals surface area contributed by atoms with Gasteiger partial charge in [-0.1, -0.05) is 48.0 Å². The lowest BCUT2D eigenvalue weighted by Crippen LogP contribution is -2.18. The van der Waals surface area contributed by atoms with Gasteiger partial charge in [-0.25, -0.2) is 14.6 Å². The largest absolute Gasteiger partial charge is 0.355 e. The summed E-state index contributed by atoms with van der Waals surface area (Å²) in [5.74, 6) is 0.884. The molecule has 0 N–H and O–H groups in total. The summed E-state index contributed by atoms with van der Waals surface area (Å²) >= 11 is 0. The van der Waals surface area contributed by atoms with Crippen LogP contribution >= 0.6 is 0 Å². The van der Waals surface area contributed by atoms with Crippen molar-refractivity contribution in [2.75, 3.05) is 11.9 Å². The van der Waals surface area contributed by atoms with Gasteiger partial charge in [0.1, 0.15) is 12.1 Å². The molecule has 4 aromatic rings. The summed E-state index contributed by atoms with van der Waals surface area (Å²) in [4.78, 5) is 11.1. The molecule has 0 saturated carbocycles. The van der Waals surface area contributed by atoms with Crippen molar-refractivity contribution in [1.82, 2.24) is 19.7 Å². The molecule has 130 valence electrons. The number of aromatic nitrogens is 4. The molecular formula is C21H21N5. The fourth-order valence-electron chi connectivity index (χ4n) is 3.29. The van der Waals surface area contributed by atoms with E-state index in [2.05, 4.69) is 76.3 Å². The normalized spacial score (nSPS) is 11.0. The predicted molar refractivity (Wildman–Crippen MR) is 105 cm³/mol. The fourth-order valence-corrected chi connectivity index (χ4v) is 3.29. The molecule has 0 fully saturated rings. The molecule has 0 amide bonds. The highest BCUT2D eigenvalue weighted by atomic mass is 15.3. The van der Waals surface area contributed by atoms with E-state index < -0.39 is 0 Å². The van der Waals surface area contributed by atoms with Gasteiger partial charge in [0.25, 0.3) is 0 Å². The monoisotopic (exact) mass is 343 g/mol. The van der Waals surface area contributed by atoms with Crippen LogP contribution in [-0.4, -0.2) is 26.8 Å². The van der Waals surface area contributed by atoms with Crippen LogP contribution in [0.1, 0.15) is 16.7 Å². The molecule has 2 aromatic heterocycles. The van der Waals surface area contributed by atoms with Crippen LogP contribution in [-0.2, 0) is 6.54 Å². The Morgan fingerprint density at radius 1 is 1.00 bits per heavy atom. The van der Waals surface area contributed by atoms with Gasteiger partial charge in [-0.15, -0.1) is 0 Å². The van der Waals surface area contributed by atoms with Crippen molar-refractivity contribution >= 4 is 16.9 Å². The van der Waals surface area contributed by atoms with Crippen LogP contribution in [0.25, 0.3) is 16.7 Å². The van der Waals surface area contributed by atoms with E-state index in [0.717, 1.165) is 29.1 Å². The van der Waals surface area contributed by atoms with Crippen LogP contribution in [0.5, 0.6) is 0 Å². The van der Waals surface area contributed by atoms with Crippen LogP contribution in [0, 0.1) is 13.8 Å². The molecule has 4 rings (SSSR count).